The number of hydrogen-bond donors (Lipinski definition) is 1. The summed E-state index contributed by atoms with van der Waals surface area (Å²) in [6, 6.07) is 0. The third-order valence-electron chi connectivity index (χ3n) is 2.80. The summed E-state index contributed by atoms with van der Waals surface area (Å²) in [7, 11) is 0. The fourth-order valence-electron chi connectivity index (χ4n) is 1.95. The first-order chi connectivity index (χ1) is 8.35. The van der Waals surface area contributed by atoms with E-state index in [-0.39, 0.29) is 12.7 Å². The van der Waals surface area contributed by atoms with E-state index < -0.39 is 0 Å². The molecule has 0 bridgehead atoms. The first-order valence-electron chi connectivity index (χ1n) is 5.85. The van der Waals surface area contributed by atoms with Crippen molar-refractivity contribution >= 4 is 11.8 Å². The highest BCUT2D eigenvalue weighted by Crippen LogP contribution is 2.22. The van der Waals surface area contributed by atoms with E-state index in [1.807, 2.05) is 6.08 Å². The van der Waals surface area contributed by atoms with Crippen LogP contribution in [0.15, 0.2) is 24.0 Å². The van der Waals surface area contributed by atoms with E-state index in [0.717, 1.165) is 42.6 Å². The van der Waals surface area contributed by atoms with Gasteiger partial charge < -0.3 is 14.4 Å². The molecule has 0 aliphatic carbocycles. The van der Waals surface area contributed by atoms with Crippen LogP contribution in [0.5, 0.6) is 0 Å². The van der Waals surface area contributed by atoms with Crippen LogP contribution in [-0.4, -0.2) is 33.1 Å². The van der Waals surface area contributed by atoms with Gasteiger partial charge in [0.2, 0.25) is 0 Å². The molecule has 1 saturated heterocycles. The lowest BCUT2D eigenvalue weighted by Crippen LogP contribution is -2.17. The summed E-state index contributed by atoms with van der Waals surface area (Å²) in [4.78, 5) is 4.33. The first-order valence-corrected chi connectivity index (χ1v) is 6.84. The van der Waals surface area contributed by atoms with Crippen LogP contribution in [0.4, 0.5) is 0 Å². The molecule has 2 heterocycles. The van der Waals surface area contributed by atoms with Crippen molar-refractivity contribution < 1.29 is 9.84 Å². The zero-order chi connectivity index (χ0) is 12.1. The molecule has 0 aromatic carbocycles. The highest BCUT2D eigenvalue weighted by molar-refractivity contribution is 7.99. The number of thioether (sulfide) groups is 1. The third-order valence-corrected chi connectivity index (χ3v) is 3.79. The third kappa shape index (κ3) is 3.12. The maximum Gasteiger partial charge on any atom is 0.168 e. The Bertz CT molecular complexity index is 373. The number of hydrogen-bond acceptors (Lipinski definition) is 4. The molecule has 1 aromatic heterocycles. The minimum atomic E-state index is 0.0222. The van der Waals surface area contributed by atoms with Gasteiger partial charge in [-0.1, -0.05) is 17.8 Å². The second-order valence-electron chi connectivity index (χ2n) is 4.04. The average Bonchev–Trinajstić information content (AvgIpc) is 2.97. The Labute approximate surface area is 106 Å². The van der Waals surface area contributed by atoms with Crippen LogP contribution in [0.1, 0.15) is 18.5 Å². The van der Waals surface area contributed by atoms with Gasteiger partial charge in [0.15, 0.2) is 5.16 Å². The maximum atomic E-state index is 9.30. The quantitative estimate of drug-likeness (QED) is 0.621. The molecule has 1 fully saturated rings. The van der Waals surface area contributed by atoms with E-state index in [1.165, 1.54) is 0 Å². The molecule has 1 aliphatic heterocycles. The molecule has 0 amide bonds. The smallest absolute Gasteiger partial charge is 0.168 e. The molecule has 1 atom stereocenters. The van der Waals surface area contributed by atoms with Gasteiger partial charge in [0.25, 0.3) is 0 Å². The maximum absolute atomic E-state index is 9.30. The van der Waals surface area contributed by atoms with Crippen LogP contribution >= 0.6 is 11.8 Å². The molecule has 0 radical (unpaired) electrons. The molecule has 1 aliphatic rings. The monoisotopic (exact) mass is 254 g/mol. The van der Waals surface area contributed by atoms with E-state index in [9.17, 15) is 5.11 Å². The second kappa shape index (κ2) is 6.23. The van der Waals surface area contributed by atoms with Crippen molar-refractivity contribution in [3.8, 4) is 0 Å². The summed E-state index contributed by atoms with van der Waals surface area (Å²) in [6.45, 7) is 5.36. The molecule has 0 unspecified atom stereocenters. The van der Waals surface area contributed by atoms with E-state index in [1.54, 1.807) is 18.0 Å². The van der Waals surface area contributed by atoms with Crippen LogP contribution in [-0.2, 0) is 17.9 Å². The number of nitrogens with zero attached hydrogens (tertiary/aromatic N) is 2. The van der Waals surface area contributed by atoms with Crippen LogP contribution in [0, 0.1) is 0 Å². The SMILES string of the molecule is C=CCSc1ncc(CO)n1C[C@@H]1CCCO1. The zero-order valence-electron chi connectivity index (χ0n) is 9.84. The molecule has 5 heteroatoms. The van der Waals surface area contributed by atoms with Crippen molar-refractivity contribution in [2.24, 2.45) is 0 Å². The lowest BCUT2D eigenvalue weighted by molar-refractivity contribution is 0.0930. The topological polar surface area (TPSA) is 47.3 Å². The van der Waals surface area contributed by atoms with E-state index in [4.69, 9.17) is 4.74 Å². The number of ether oxygens (including phenoxy) is 1. The summed E-state index contributed by atoms with van der Waals surface area (Å²) < 4.78 is 7.69. The Morgan fingerprint density at radius 3 is 3.24 bits per heavy atom. The Hall–Kier alpha value is -0.780. The predicted octanol–water partition coefficient (Wildman–Crippen LogP) is 1.83. The number of aliphatic hydroxyl groups is 1. The molecule has 2 rings (SSSR count). The number of rotatable bonds is 6. The van der Waals surface area contributed by atoms with Gasteiger partial charge in [-0.2, -0.15) is 0 Å². The largest absolute Gasteiger partial charge is 0.390 e. The second-order valence-corrected chi connectivity index (χ2v) is 5.02. The number of imidazole rings is 1. The normalized spacial score (nSPS) is 19.7. The highest BCUT2D eigenvalue weighted by atomic mass is 32.2. The summed E-state index contributed by atoms with van der Waals surface area (Å²) in [5.74, 6) is 0.827. The van der Waals surface area contributed by atoms with Crippen LogP contribution in [0.2, 0.25) is 0 Å². The van der Waals surface area contributed by atoms with Crippen molar-refractivity contribution in [2.45, 2.75) is 37.3 Å². The number of aromatic nitrogens is 2. The fraction of sp³-hybridized carbons (Fsp3) is 0.583. The van der Waals surface area contributed by atoms with Crippen molar-refractivity contribution in [1.29, 1.82) is 0 Å². The molecular weight excluding hydrogens is 236 g/mol. The van der Waals surface area contributed by atoms with Crippen molar-refractivity contribution in [2.75, 3.05) is 12.4 Å². The minimum Gasteiger partial charge on any atom is -0.390 e. The van der Waals surface area contributed by atoms with Gasteiger partial charge in [0, 0.05) is 12.4 Å². The molecule has 1 aromatic rings. The molecule has 0 spiro atoms. The van der Waals surface area contributed by atoms with Crippen molar-refractivity contribution in [3.63, 3.8) is 0 Å². The van der Waals surface area contributed by atoms with Crippen LogP contribution in [0.25, 0.3) is 0 Å². The minimum absolute atomic E-state index is 0.0222. The first kappa shape index (κ1) is 12.7. The summed E-state index contributed by atoms with van der Waals surface area (Å²) in [5.41, 5.74) is 0.854. The van der Waals surface area contributed by atoms with Gasteiger partial charge >= 0.3 is 0 Å². The lowest BCUT2D eigenvalue weighted by atomic mass is 10.2. The lowest BCUT2D eigenvalue weighted by Gasteiger charge is -2.14. The van der Waals surface area contributed by atoms with Gasteiger partial charge in [0.1, 0.15) is 0 Å². The number of aliphatic hydroxyl groups excluding tert-OH is 1. The summed E-state index contributed by atoms with van der Waals surface area (Å²) >= 11 is 1.63. The van der Waals surface area contributed by atoms with Gasteiger partial charge in [0.05, 0.1) is 31.1 Å². The molecule has 17 heavy (non-hydrogen) atoms. The molecule has 94 valence electrons. The Morgan fingerprint density at radius 2 is 2.59 bits per heavy atom. The van der Waals surface area contributed by atoms with Crippen molar-refractivity contribution in [3.05, 3.63) is 24.5 Å². The van der Waals surface area contributed by atoms with Crippen LogP contribution in [0.3, 0.4) is 0 Å². The van der Waals surface area contributed by atoms with Crippen LogP contribution < -0.4 is 0 Å². The highest BCUT2D eigenvalue weighted by Gasteiger charge is 2.19. The summed E-state index contributed by atoms with van der Waals surface area (Å²) in [5, 5.41) is 10.2. The van der Waals surface area contributed by atoms with Gasteiger partial charge in [-0.3, -0.25) is 0 Å². The van der Waals surface area contributed by atoms with Gasteiger partial charge in [-0.15, -0.1) is 6.58 Å². The van der Waals surface area contributed by atoms with Gasteiger partial charge in [-0.05, 0) is 12.8 Å². The Kier molecular flexibility index (Phi) is 4.65. The standard InChI is InChI=1S/C12H18N2O2S/c1-2-6-17-12-13-7-10(9-15)14(12)8-11-4-3-5-16-11/h2,7,11,15H,1,3-6,8-9H2/t11-/m0/s1. The van der Waals surface area contributed by atoms with E-state index >= 15 is 0 Å². The van der Waals surface area contributed by atoms with E-state index in [0.29, 0.717) is 0 Å². The molecule has 0 saturated carbocycles. The molecule has 4 nitrogen and oxygen atoms in total. The van der Waals surface area contributed by atoms with Gasteiger partial charge in [-0.25, -0.2) is 4.98 Å². The Morgan fingerprint density at radius 1 is 1.71 bits per heavy atom. The average molecular weight is 254 g/mol. The summed E-state index contributed by atoms with van der Waals surface area (Å²) in [6.07, 6.45) is 6.07. The fourth-order valence-corrected chi connectivity index (χ4v) is 2.70. The van der Waals surface area contributed by atoms with E-state index in [2.05, 4.69) is 16.1 Å². The Balaban J connectivity index is 2.09. The predicted molar refractivity (Wildman–Crippen MR) is 68.0 cm³/mol. The van der Waals surface area contributed by atoms with Crippen molar-refractivity contribution in [1.82, 2.24) is 9.55 Å². The molecule has 1 N–H and O–H groups in total. The zero-order valence-corrected chi connectivity index (χ0v) is 10.7. The molecular formula is C12H18N2O2S.